The number of nitrogens with zero attached hydrogens (tertiary/aromatic N) is 3. The van der Waals surface area contributed by atoms with E-state index in [1.54, 1.807) is 22.7 Å². The maximum atomic E-state index is 13.8. The highest BCUT2D eigenvalue weighted by Gasteiger charge is 2.33. The van der Waals surface area contributed by atoms with Crippen molar-refractivity contribution in [2.45, 2.75) is 28.3 Å². The predicted octanol–water partition coefficient (Wildman–Crippen LogP) is 6.73. The Morgan fingerprint density at radius 3 is 2.77 bits per heavy atom. The van der Waals surface area contributed by atoms with Gasteiger partial charge < -0.3 is 4.42 Å². The normalized spacial score (nSPS) is 16.7. The molecule has 1 aliphatic carbocycles. The molecule has 8 rings (SSSR count). The van der Waals surface area contributed by atoms with Crippen molar-refractivity contribution in [3.63, 3.8) is 0 Å². The van der Waals surface area contributed by atoms with Crippen LogP contribution in [0.2, 0.25) is 0 Å². The van der Waals surface area contributed by atoms with Gasteiger partial charge in [0.15, 0.2) is 14.2 Å². The second kappa shape index (κ2) is 9.31. The van der Waals surface area contributed by atoms with E-state index >= 15 is 0 Å². The van der Waals surface area contributed by atoms with E-state index in [-0.39, 0.29) is 11.6 Å². The standard InChI is InChI=1S/C30H19N3O2S4/c34-28-24(16-18-12-14-25(35-18)39-30-31-21-8-3-4-9-22(21)38-30)37-29-32-26-19-7-2-1-6-17(19)11-13-20(26)27(33(28)29)23-10-5-15-36-23/h1-10,12,14-16,27H,11,13H2/b24-16+/t27-/m1/s1. The molecule has 0 saturated carbocycles. The highest BCUT2D eigenvalue weighted by Crippen LogP contribution is 2.42. The third kappa shape index (κ3) is 4.00. The number of fused-ring (bicyclic) bond motifs is 4. The Kier molecular flexibility index (Phi) is 5.58. The molecular weight excluding hydrogens is 563 g/mol. The van der Waals surface area contributed by atoms with Crippen LogP contribution in [0.15, 0.2) is 107 Å². The number of furan rings is 1. The van der Waals surface area contributed by atoms with Gasteiger partial charge in [0.2, 0.25) is 0 Å². The minimum Gasteiger partial charge on any atom is -0.450 e. The van der Waals surface area contributed by atoms with Crippen molar-refractivity contribution in [3.8, 4) is 0 Å². The molecule has 5 nitrogen and oxygen atoms in total. The van der Waals surface area contributed by atoms with Gasteiger partial charge in [-0.05, 0) is 71.5 Å². The molecule has 0 spiro atoms. The summed E-state index contributed by atoms with van der Waals surface area (Å²) in [6.45, 7) is 0. The SMILES string of the molecule is O=c1/c(=C\c2ccc(Sc3nc4ccccc4s3)o2)sc2n1[C@@H](c1cccs1)C1=C(N=2)c2ccccc2CC1. The van der Waals surface area contributed by atoms with Gasteiger partial charge >= 0.3 is 0 Å². The van der Waals surface area contributed by atoms with E-state index in [4.69, 9.17) is 9.41 Å². The maximum absolute atomic E-state index is 13.8. The summed E-state index contributed by atoms with van der Waals surface area (Å²) in [6, 6.07) is 24.5. The van der Waals surface area contributed by atoms with Gasteiger partial charge in [0.05, 0.1) is 26.5 Å². The molecule has 0 bridgehead atoms. The van der Waals surface area contributed by atoms with Crippen molar-refractivity contribution in [2.24, 2.45) is 4.99 Å². The summed E-state index contributed by atoms with van der Waals surface area (Å²) in [6.07, 6.45) is 3.69. The zero-order chi connectivity index (χ0) is 25.9. The Labute approximate surface area is 239 Å². The maximum Gasteiger partial charge on any atom is 0.271 e. The van der Waals surface area contributed by atoms with E-state index in [1.807, 2.05) is 41.0 Å². The van der Waals surface area contributed by atoms with Crippen LogP contribution in [0.4, 0.5) is 0 Å². The molecule has 0 N–H and O–H groups in total. The first-order valence-corrected chi connectivity index (χ1v) is 15.8. The molecule has 0 saturated heterocycles. The number of aromatic nitrogens is 2. The summed E-state index contributed by atoms with van der Waals surface area (Å²) in [4.78, 5) is 25.5. The van der Waals surface area contributed by atoms with Crippen LogP contribution in [0, 0.1) is 0 Å². The lowest BCUT2D eigenvalue weighted by Gasteiger charge is -2.30. The van der Waals surface area contributed by atoms with E-state index in [1.165, 1.54) is 39.8 Å². The summed E-state index contributed by atoms with van der Waals surface area (Å²) in [5.41, 5.74) is 5.71. The van der Waals surface area contributed by atoms with Gasteiger partial charge in [-0.1, -0.05) is 53.8 Å². The van der Waals surface area contributed by atoms with Gasteiger partial charge in [0, 0.05) is 16.5 Å². The lowest BCUT2D eigenvalue weighted by Crippen LogP contribution is -2.38. The molecule has 39 heavy (non-hydrogen) atoms. The molecule has 0 unspecified atom stereocenters. The average Bonchev–Trinajstić information content (AvgIpc) is 3.76. The Morgan fingerprint density at radius 1 is 0.974 bits per heavy atom. The highest BCUT2D eigenvalue weighted by atomic mass is 32.2. The van der Waals surface area contributed by atoms with E-state index in [0.717, 1.165) is 47.9 Å². The first-order chi connectivity index (χ1) is 19.2. The molecule has 0 radical (unpaired) electrons. The Hall–Kier alpha value is -3.50. The third-order valence-corrected chi connectivity index (χ3v) is 10.9. The minimum atomic E-state index is -0.131. The van der Waals surface area contributed by atoms with Crippen LogP contribution in [0.5, 0.6) is 0 Å². The van der Waals surface area contributed by atoms with Gasteiger partial charge in [-0.2, -0.15) is 0 Å². The molecule has 9 heteroatoms. The fourth-order valence-electron chi connectivity index (χ4n) is 5.29. The van der Waals surface area contributed by atoms with Gasteiger partial charge in [0.1, 0.15) is 5.76 Å². The first kappa shape index (κ1) is 23.4. The lowest BCUT2D eigenvalue weighted by molar-refractivity contribution is 0.466. The molecule has 4 aromatic heterocycles. The van der Waals surface area contributed by atoms with Gasteiger partial charge in [-0.3, -0.25) is 9.36 Å². The molecule has 2 aliphatic rings. The third-order valence-electron chi connectivity index (χ3n) is 7.02. The summed E-state index contributed by atoms with van der Waals surface area (Å²) in [7, 11) is 0. The fraction of sp³-hybridized carbons (Fsp3) is 0.100. The molecular formula is C30H19N3O2S4. The largest absolute Gasteiger partial charge is 0.450 e. The fourth-order valence-corrected chi connectivity index (χ4v) is 9.09. The number of aryl methyl sites for hydroxylation is 1. The summed E-state index contributed by atoms with van der Waals surface area (Å²) >= 11 is 6.26. The second-order valence-electron chi connectivity index (χ2n) is 9.34. The number of allylic oxidation sites excluding steroid dienone is 1. The van der Waals surface area contributed by atoms with E-state index < -0.39 is 0 Å². The van der Waals surface area contributed by atoms with E-state index in [0.29, 0.717) is 10.3 Å². The smallest absolute Gasteiger partial charge is 0.271 e. The van der Waals surface area contributed by atoms with Crippen LogP contribution >= 0.6 is 45.8 Å². The van der Waals surface area contributed by atoms with Crippen LogP contribution in [0.3, 0.4) is 0 Å². The Bertz CT molecular complexity index is 2060. The quantitative estimate of drug-likeness (QED) is 0.232. The van der Waals surface area contributed by atoms with E-state index in [9.17, 15) is 4.79 Å². The number of para-hydroxylation sites is 1. The predicted molar refractivity (Wildman–Crippen MR) is 160 cm³/mol. The second-order valence-corrected chi connectivity index (χ2v) is 13.6. The van der Waals surface area contributed by atoms with Crippen LogP contribution in [0.25, 0.3) is 22.0 Å². The average molecular weight is 582 g/mol. The van der Waals surface area contributed by atoms with Gasteiger partial charge in [-0.15, -0.1) is 22.7 Å². The van der Waals surface area contributed by atoms with E-state index in [2.05, 4.69) is 52.8 Å². The minimum absolute atomic E-state index is 0.0284. The van der Waals surface area contributed by atoms with Gasteiger partial charge in [-0.25, -0.2) is 9.98 Å². The van der Waals surface area contributed by atoms with Crippen molar-refractivity contribution in [2.75, 3.05) is 0 Å². The number of thiophene rings is 1. The number of hydrogen-bond acceptors (Lipinski definition) is 8. The topological polar surface area (TPSA) is 60.4 Å². The Morgan fingerprint density at radius 2 is 1.87 bits per heavy atom. The van der Waals surface area contributed by atoms with Crippen LogP contribution < -0.4 is 14.9 Å². The summed E-state index contributed by atoms with van der Waals surface area (Å²) < 4.78 is 10.7. The summed E-state index contributed by atoms with van der Waals surface area (Å²) in [5.74, 6) is 0.644. The highest BCUT2D eigenvalue weighted by molar-refractivity contribution is 8.01. The van der Waals surface area contributed by atoms with Crippen molar-refractivity contribution in [1.82, 2.24) is 9.55 Å². The van der Waals surface area contributed by atoms with Crippen LogP contribution in [0.1, 0.15) is 34.2 Å². The Balaban J connectivity index is 1.21. The molecule has 0 fully saturated rings. The molecule has 1 aliphatic heterocycles. The van der Waals surface area contributed by atoms with Crippen molar-refractivity contribution < 1.29 is 4.42 Å². The molecule has 2 aromatic carbocycles. The van der Waals surface area contributed by atoms with Crippen LogP contribution in [-0.4, -0.2) is 9.55 Å². The number of thiazole rings is 2. The number of hydrogen-bond donors (Lipinski definition) is 0. The lowest BCUT2D eigenvalue weighted by atomic mass is 9.85. The zero-order valence-electron chi connectivity index (χ0n) is 20.4. The van der Waals surface area contributed by atoms with Crippen molar-refractivity contribution in [3.05, 3.63) is 125 Å². The molecule has 190 valence electrons. The summed E-state index contributed by atoms with van der Waals surface area (Å²) in [5, 5.41) is 2.83. The monoisotopic (exact) mass is 581 g/mol. The van der Waals surface area contributed by atoms with Crippen molar-refractivity contribution >= 4 is 67.8 Å². The van der Waals surface area contributed by atoms with Crippen LogP contribution in [-0.2, 0) is 6.42 Å². The zero-order valence-corrected chi connectivity index (χ0v) is 23.6. The van der Waals surface area contributed by atoms with Gasteiger partial charge in [0.25, 0.3) is 5.56 Å². The number of benzene rings is 2. The number of rotatable bonds is 4. The van der Waals surface area contributed by atoms with Crippen molar-refractivity contribution in [1.29, 1.82) is 0 Å². The molecule has 5 heterocycles. The molecule has 6 aromatic rings. The molecule has 0 amide bonds. The molecule has 1 atom stereocenters. The first-order valence-electron chi connectivity index (χ1n) is 12.5.